The number of fused-ring (bicyclic) bond motifs is 1. The zero-order chi connectivity index (χ0) is 17.9. The topological polar surface area (TPSA) is 58.2 Å². The number of amides is 2. The van der Waals surface area contributed by atoms with Crippen LogP contribution in [0.1, 0.15) is 48.3 Å². The fourth-order valence-corrected chi connectivity index (χ4v) is 3.69. The van der Waals surface area contributed by atoms with Crippen LogP contribution in [0.25, 0.3) is 0 Å². The number of carbonyl (C=O) groups excluding carboxylic acids is 2. The van der Waals surface area contributed by atoms with E-state index in [1.807, 2.05) is 36.4 Å². The van der Waals surface area contributed by atoms with Crippen LogP contribution in [-0.2, 0) is 22.6 Å². The van der Waals surface area contributed by atoms with Crippen LogP contribution in [0.2, 0.25) is 0 Å². The molecule has 0 heterocycles. The van der Waals surface area contributed by atoms with Crippen LogP contribution < -0.4 is 10.6 Å². The van der Waals surface area contributed by atoms with E-state index < -0.39 is 0 Å². The Balaban J connectivity index is 1.38. The molecule has 0 spiro atoms. The third kappa shape index (κ3) is 3.79. The lowest BCUT2D eigenvalue weighted by molar-refractivity contribution is -0.123. The van der Waals surface area contributed by atoms with E-state index in [0.29, 0.717) is 6.54 Å². The number of benzene rings is 2. The summed E-state index contributed by atoms with van der Waals surface area (Å²) in [7, 11) is 0. The van der Waals surface area contributed by atoms with Crippen LogP contribution >= 0.6 is 0 Å². The molecule has 0 aromatic heterocycles. The monoisotopic (exact) mass is 348 g/mol. The molecule has 2 N–H and O–H groups in total. The molecule has 0 radical (unpaired) electrons. The van der Waals surface area contributed by atoms with Gasteiger partial charge in [0.1, 0.15) is 0 Å². The molecule has 0 bridgehead atoms. The van der Waals surface area contributed by atoms with Crippen LogP contribution in [0.5, 0.6) is 0 Å². The van der Waals surface area contributed by atoms with Gasteiger partial charge in [-0.05, 0) is 60.9 Å². The largest absolute Gasteiger partial charge is 0.351 e. The molecule has 134 valence electrons. The van der Waals surface area contributed by atoms with Crippen molar-refractivity contribution in [3.05, 3.63) is 65.2 Å². The molecule has 0 saturated heterocycles. The summed E-state index contributed by atoms with van der Waals surface area (Å²) in [6.07, 6.45) is 5.00. The summed E-state index contributed by atoms with van der Waals surface area (Å²) in [4.78, 5) is 24.6. The molecular weight excluding hydrogens is 324 g/mol. The number of nitrogens with one attached hydrogen (secondary N) is 2. The van der Waals surface area contributed by atoms with Crippen molar-refractivity contribution in [3.8, 4) is 0 Å². The van der Waals surface area contributed by atoms with E-state index >= 15 is 0 Å². The van der Waals surface area contributed by atoms with E-state index in [4.69, 9.17) is 0 Å². The van der Waals surface area contributed by atoms with Gasteiger partial charge >= 0.3 is 0 Å². The fourth-order valence-electron chi connectivity index (χ4n) is 3.69. The Morgan fingerprint density at radius 1 is 0.962 bits per heavy atom. The number of rotatable bonds is 5. The second-order valence-corrected chi connectivity index (χ2v) is 7.33. The summed E-state index contributed by atoms with van der Waals surface area (Å²) in [5.74, 6) is 0.317. The maximum atomic E-state index is 12.7. The standard InChI is InChI=1S/C22H24N2O2/c25-21(17-11-12-17)24-18-8-3-5-15(13-18)14-23-22(26)20-10-4-7-16-6-1-2-9-19(16)20/h1-3,5-6,8-9,13,17,20H,4,7,10-12,14H2,(H,23,26)(H,24,25)/t20-/m0/s1. The zero-order valence-electron chi connectivity index (χ0n) is 14.8. The van der Waals surface area contributed by atoms with Crippen molar-refractivity contribution in [2.75, 3.05) is 5.32 Å². The summed E-state index contributed by atoms with van der Waals surface area (Å²) in [6, 6.07) is 16.0. The molecule has 1 atom stereocenters. The number of hydrogen-bond donors (Lipinski definition) is 2. The van der Waals surface area contributed by atoms with Gasteiger partial charge in [0.25, 0.3) is 0 Å². The van der Waals surface area contributed by atoms with Crippen molar-refractivity contribution < 1.29 is 9.59 Å². The van der Waals surface area contributed by atoms with Gasteiger partial charge in [0.2, 0.25) is 11.8 Å². The Morgan fingerprint density at radius 2 is 1.81 bits per heavy atom. The van der Waals surface area contributed by atoms with Gasteiger partial charge in [-0.3, -0.25) is 9.59 Å². The van der Waals surface area contributed by atoms with Crippen molar-refractivity contribution in [3.63, 3.8) is 0 Å². The predicted octanol–water partition coefficient (Wildman–Crippen LogP) is 3.77. The van der Waals surface area contributed by atoms with Crippen molar-refractivity contribution in [2.24, 2.45) is 5.92 Å². The first kappa shape index (κ1) is 16.8. The maximum absolute atomic E-state index is 12.7. The lowest BCUT2D eigenvalue weighted by atomic mass is 9.82. The highest BCUT2D eigenvalue weighted by Gasteiger charge is 2.29. The second kappa shape index (κ2) is 7.32. The molecule has 4 rings (SSSR count). The SMILES string of the molecule is O=C(Nc1cccc(CNC(=O)[C@H]2CCCc3ccccc32)c1)C1CC1. The van der Waals surface area contributed by atoms with Gasteiger partial charge in [-0.1, -0.05) is 36.4 Å². The van der Waals surface area contributed by atoms with Gasteiger partial charge in [0, 0.05) is 18.2 Å². The van der Waals surface area contributed by atoms with Crippen molar-refractivity contribution >= 4 is 17.5 Å². The van der Waals surface area contributed by atoms with Crippen LogP contribution in [-0.4, -0.2) is 11.8 Å². The molecule has 2 aliphatic rings. The minimum absolute atomic E-state index is 0.0577. The summed E-state index contributed by atoms with van der Waals surface area (Å²) < 4.78 is 0. The number of carbonyl (C=O) groups is 2. The molecule has 1 saturated carbocycles. The molecule has 26 heavy (non-hydrogen) atoms. The predicted molar refractivity (Wildman–Crippen MR) is 102 cm³/mol. The van der Waals surface area contributed by atoms with Crippen LogP contribution in [0.4, 0.5) is 5.69 Å². The van der Waals surface area contributed by atoms with Crippen LogP contribution in [0.3, 0.4) is 0 Å². The second-order valence-electron chi connectivity index (χ2n) is 7.33. The molecule has 2 aromatic carbocycles. The Labute approximate surface area is 154 Å². The molecule has 1 fully saturated rings. The molecular formula is C22H24N2O2. The van der Waals surface area contributed by atoms with Gasteiger partial charge in [0.15, 0.2) is 0 Å². The minimum Gasteiger partial charge on any atom is -0.351 e. The third-order valence-electron chi connectivity index (χ3n) is 5.30. The molecule has 2 aliphatic carbocycles. The summed E-state index contributed by atoms with van der Waals surface area (Å²) in [5, 5.41) is 6.03. The van der Waals surface area contributed by atoms with E-state index in [1.165, 1.54) is 11.1 Å². The van der Waals surface area contributed by atoms with Crippen molar-refractivity contribution in [2.45, 2.75) is 44.6 Å². The van der Waals surface area contributed by atoms with E-state index in [9.17, 15) is 9.59 Å². The van der Waals surface area contributed by atoms with Gasteiger partial charge in [-0.15, -0.1) is 0 Å². The van der Waals surface area contributed by atoms with Gasteiger partial charge < -0.3 is 10.6 Å². The van der Waals surface area contributed by atoms with Gasteiger partial charge in [-0.25, -0.2) is 0 Å². The fraction of sp³-hybridized carbons (Fsp3) is 0.364. The van der Waals surface area contributed by atoms with Crippen LogP contribution in [0.15, 0.2) is 48.5 Å². The highest BCUT2D eigenvalue weighted by Crippen LogP contribution is 2.32. The third-order valence-corrected chi connectivity index (χ3v) is 5.30. The molecule has 2 aromatic rings. The number of aryl methyl sites for hydroxylation is 1. The molecule has 2 amide bonds. The van der Waals surface area contributed by atoms with Gasteiger partial charge in [-0.2, -0.15) is 0 Å². The zero-order valence-corrected chi connectivity index (χ0v) is 14.8. The number of anilines is 1. The van der Waals surface area contributed by atoms with E-state index in [1.54, 1.807) is 0 Å². The lowest BCUT2D eigenvalue weighted by Crippen LogP contribution is -2.31. The van der Waals surface area contributed by atoms with Crippen molar-refractivity contribution in [1.82, 2.24) is 5.32 Å². The molecule has 4 nitrogen and oxygen atoms in total. The summed E-state index contributed by atoms with van der Waals surface area (Å²) in [5.41, 5.74) is 4.26. The number of hydrogen-bond acceptors (Lipinski definition) is 2. The Bertz CT molecular complexity index is 826. The van der Waals surface area contributed by atoms with Gasteiger partial charge in [0.05, 0.1) is 5.92 Å². The Hall–Kier alpha value is -2.62. The molecule has 0 aliphatic heterocycles. The average Bonchev–Trinajstić information content (AvgIpc) is 3.51. The summed E-state index contributed by atoms with van der Waals surface area (Å²) >= 11 is 0. The Kier molecular flexibility index (Phi) is 4.74. The normalized spacial score (nSPS) is 18.7. The Morgan fingerprint density at radius 3 is 2.65 bits per heavy atom. The maximum Gasteiger partial charge on any atom is 0.227 e. The highest BCUT2D eigenvalue weighted by molar-refractivity contribution is 5.94. The quantitative estimate of drug-likeness (QED) is 0.864. The first-order valence-electron chi connectivity index (χ1n) is 9.46. The van der Waals surface area contributed by atoms with E-state index in [0.717, 1.165) is 43.4 Å². The van der Waals surface area contributed by atoms with E-state index in [-0.39, 0.29) is 23.7 Å². The molecule has 0 unspecified atom stereocenters. The first-order chi connectivity index (χ1) is 12.7. The average molecular weight is 348 g/mol. The molecule has 4 heteroatoms. The smallest absolute Gasteiger partial charge is 0.227 e. The van der Waals surface area contributed by atoms with Crippen molar-refractivity contribution in [1.29, 1.82) is 0 Å². The highest BCUT2D eigenvalue weighted by atomic mass is 16.2. The lowest BCUT2D eigenvalue weighted by Gasteiger charge is -2.24. The van der Waals surface area contributed by atoms with E-state index in [2.05, 4.69) is 22.8 Å². The summed E-state index contributed by atoms with van der Waals surface area (Å²) in [6.45, 7) is 0.477. The minimum atomic E-state index is -0.0577. The first-order valence-corrected chi connectivity index (χ1v) is 9.46. The van der Waals surface area contributed by atoms with Crippen LogP contribution in [0, 0.1) is 5.92 Å².